The molecule has 0 aliphatic carbocycles. The Morgan fingerprint density at radius 2 is 1.52 bits per heavy atom. The average Bonchev–Trinajstić information content (AvgIpc) is 2.73. The van der Waals surface area contributed by atoms with Gasteiger partial charge in [0.25, 0.3) is 0 Å². The third kappa shape index (κ3) is 5.01. The first-order valence-corrected chi connectivity index (χ1v) is 8.56. The summed E-state index contributed by atoms with van der Waals surface area (Å²) in [5.74, 6) is 1.97. The minimum absolute atomic E-state index is 0.379. The van der Waals surface area contributed by atoms with E-state index in [2.05, 4.69) is 17.3 Å². The molecule has 3 rings (SSSR count). The number of ether oxygens (including phenoxy) is 3. The fraction of sp³-hybridized carbons (Fsp3) is 0.136. The van der Waals surface area contributed by atoms with Gasteiger partial charge in [0.05, 0.1) is 13.3 Å². The summed E-state index contributed by atoms with van der Waals surface area (Å²) in [5.41, 5.74) is 3.04. The van der Waals surface area contributed by atoms with E-state index in [0.29, 0.717) is 24.7 Å². The van der Waals surface area contributed by atoms with Crippen LogP contribution in [0.1, 0.15) is 5.56 Å². The first-order valence-electron chi connectivity index (χ1n) is 8.56. The van der Waals surface area contributed by atoms with Crippen molar-refractivity contribution in [2.75, 3.05) is 20.3 Å². The van der Waals surface area contributed by atoms with Crippen LogP contribution in [0.2, 0.25) is 0 Å². The molecule has 0 heterocycles. The molecule has 0 atom stereocenters. The van der Waals surface area contributed by atoms with Crippen LogP contribution in [0.5, 0.6) is 17.2 Å². The Morgan fingerprint density at radius 1 is 0.815 bits per heavy atom. The van der Waals surface area contributed by atoms with Gasteiger partial charge in [-0.15, -0.1) is 0 Å². The molecular formula is C22H21NO4. The van der Waals surface area contributed by atoms with Crippen LogP contribution in [-0.2, 0) is 0 Å². The minimum Gasteiger partial charge on any atom is -0.493 e. The largest absolute Gasteiger partial charge is 0.493 e. The highest BCUT2D eigenvalue weighted by atomic mass is 16.5. The van der Waals surface area contributed by atoms with Crippen molar-refractivity contribution in [2.45, 2.75) is 0 Å². The highest BCUT2D eigenvalue weighted by molar-refractivity contribution is 5.80. The molecule has 0 aliphatic rings. The lowest BCUT2D eigenvalue weighted by molar-refractivity contribution is 0.211. The molecule has 0 aliphatic heterocycles. The first kappa shape index (κ1) is 18.3. The molecule has 0 radical (unpaired) electrons. The van der Waals surface area contributed by atoms with Crippen molar-refractivity contribution in [2.24, 2.45) is 5.16 Å². The monoisotopic (exact) mass is 363 g/mol. The van der Waals surface area contributed by atoms with Crippen LogP contribution >= 0.6 is 0 Å². The van der Waals surface area contributed by atoms with E-state index in [1.54, 1.807) is 25.3 Å². The molecular weight excluding hydrogens is 342 g/mol. The summed E-state index contributed by atoms with van der Waals surface area (Å²) in [6.07, 6.45) is 1.33. The molecule has 0 unspecified atom stereocenters. The quantitative estimate of drug-likeness (QED) is 0.274. The van der Waals surface area contributed by atoms with Crippen molar-refractivity contribution >= 4 is 6.21 Å². The van der Waals surface area contributed by atoms with Crippen molar-refractivity contribution in [1.29, 1.82) is 0 Å². The number of methoxy groups -OCH3 is 1. The van der Waals surface area contributed by atoms with Gasteiger partial charge in [-0.2, -0.15) is 0 Å². The lowest BCUT2D eigenvalue weighted by Crippen LogP contribution is -2.09. The molecule has 0 spiro atoms. The van der Waals surface area contributed by atoms with Crippen LogP contribution in [0.25, 0.3) is 11.1 Å². The van der Waals surface area contributed by atoms with E-state index in [0.717, 1.165) is 16.9 Å². The molecule has 0 saturated carbocycles. The molecule has 0 fully saturated rings. The Kier molecular flexibility index (Phi) is 6.30. The second-order valence-electron chi connectivity index (χ2n) is 5.74. The molecule has 1 N–H and O–H groups in total. The fourth-order valence-corrected chi connectivity index (χ4v) is 2.64. The standard InChI is InChI=1S/C22H21NO4/c1-25-22-15-17(16-23-24)7-12-21(22)27-14-13-26-20-10-8-19(9-11-20)18-5-3-2-4-6-18/h2-12,15-16,24H,13-14H2,1H3. The van der Waals surface area contributed by atoms with Gasteiger partial charge >= 0.3 is 0 Å². The Hall–Kier alpha value is -3.47. The van der Waals surface area contributed by atoms with Crippen LogP contribution in [0.3, 0.4) is 0 Å². The molecule has 5 nitrogen and oxygen atoms in total. The Morgan fingerprint density at radius 3 is 2.22 bits per heavy atom. The molecule has 138 valence electrons. The molecule has 5 heteroatoms. The summed E-state index contributed by atoms with van der Waals surface area (Å²) in [4.78, 5) is 0. The fourth-order valence-electron chi connectivity index (χ4n) is 2.64. The average molecular weight is 363 g/mol. The van der Waals surface area contributed by atoms with Gasteiger partial charge < -0.3 is 19.4 Å². The summed E-state index contributed by atoms with van der Waals surface area (Å²) in [5, 5.41) is 11.6. The SMILES string of the molecule is COc1cc(C=NO)ccc1OCCOc1ccc(-c2ccccc2)cc1. The third-order valence-electron chi connectivity index (χ3n) is 3.97. The molecule has 0 bridgehead atoms. The summed E-state index contributed by atoms with van der Waals surface area (Å²) >= 11 is 0. The smallest absolute Gasteiger partial charge is 0.161 e. The van der Waals surface area contributed by atoms with E-state index < -0.39 is 0 Å². The molecule has 0 saturated heterocycles. The summed E-state index contributed by atoms with van der Waals surface area (Å²) < 4.78 is 16.7. The molecule has 27 heavy (non-hydrogen) atoms. The van der Waals surface area contributed by atoms with E-state index in [1.807, 2.05) is 42.5 Å². The van der Waals surface area contributed by atoms with Crippen LogP contribution in [0, 0.1) is 0 Å². The maximum atomic E-state index is 8.60. The number of rotatable bonds is 8. The van der Waals surface area contributed by atoms with E-state index in [9.17, 15) is 0 Å². The van der Waals surface area contributed by atoms with Crippen LogP contribution in [0.15, 0.2) is 78.0 Å². The molecule has 3 aromatic rings. The van der Waals surface area contributed by atoms with Gasteiger partial charge in [0.2, 0.25) is 0 Å². The van der Waals surface area contributed by atoms with E-state index in [4.69, 9.17) is 19.4 Å². The number of oxime groups is 1. The Bertz CT molecular complexity index is 877. The van der Waals surface area contributed by atoms with Crippen molar-refractivity contribution in [3.05, 3.63) is 78.4 Å². The Balaban J connectivity index is 1.52. The van der Waals surface area contributed by atoms with Crippen molar-refractivity contribution in [3.63, 3.8) is 0 Å². The maximum Gasteiger partial charge on any atom is 0.161 e. The zero-order valence-electron chi connectivity index (χ0n) is 15.0. The Labute approximate surface area is 158 Å². The van der Waals surface area contributed by atoms with Crippen molar-refractivity contribution in [3.8, 4) is 28.4 Å². The first-order chi connectivity index (χ1) is 13.3. The lowest BCUT2D eigenvalue weighted by Gasteiger charge is -2.12. The number of nitrogens with zero attached hydrogens (tertiary/aromatic N) is 1. The normalized spacial score (nSPS) is 10.7. The molecule has 3 aromatic carbocycles. The lowest BCUT2D eigenvalue weighted by atomic mass is 10.1. The number of hydrogen-bond donors (Lipinski definition) is 1. The predicted octanol–water partition coefficient (Wildman–Crippen LogP) is 4.63. The van der Waals surface area contributed by atoms with Gasteiger partial charge in [0, 0.05) is 5.56 Å². The topological polar surface area (TPSA) is 60.3 Å². The van der Waals surface area contributed by atoms with Gasteiger partial charge in [-0.05, 0) is 41.5 Å². The van der Waals surface area contributed by atoms with E-state index in [-0.39, 0.29) is 0 Å². The molecule has 0 aromatic heterocycles. The third-order valence-corrected chi connectivity index (χ3v) is 3.97. The highest BCUT2D eigenvalue weighted by Crippen LogP contribution is 2.27. The molecule has 0 amide bonds. The minimum atomic E-state index is 0.379. The predicted molar refractivity (Wildman–Crippen MR) is 105 cm³/mol. The van der Waals surface area contributed by atoms with Crippen LogP contribution in [0.4, 0.5) is 0 Å². The van der Waals surface area contributed by atoms with Crippen LogP contribution < -0.4 is 14.2 Å². The second kappa shape index (κ2) is 9.29. The van der Waals surface area contributed by atoms with Gasteiger partial charge in [-0.25, -0.2) is 0 Å². The van der Waals surface area contributed by atoms with Gasteiger partial charge in [0.1, 0.15) is 19.0 Å². The van der Waals surface area contributed by atoms with Crippen molar-refractivity contribution < 1.29 is 19.4 Å². The van der Waals surface area contributed by atoms with E-state index in [1.165, 1.54) is 11.8 Å². The summed E-state index contributed by atoms with van der Waals surface area (Å²) in [7, 11) is 1.56. The summed E-state index contributed by atoms with van der Waals surface area (Å²) in [6, 6.07) is 23.5. The zero-order valence-corrected chi connectivity index (χ0v) is 15.0. The number of hydrogen-bond acceptors (Lipinski definition) is 5. The highest BCUT2D eigenvalue weighted by Gasteiger charge is 2.05. The van der Waals surface area contributed by atoms with Gasteiger partial charge in [0.15, 0.2) is 11.5 Å². The maximum absolute atomic E-state index is 8.60. The van der Waals surface area contributed by atoms with E-state index >= 15 is 0 Å². The van der Waals surface area contributed by atoms with Crippen molar-refractivity contribution in [1.82, 2.24) is 0 Å². The van der Waals surface area contributed by atoms with Gasteiger partial charge in [-0.3, -0.25) is 0 Å². The van der Waals surface area contributed by atoms with Crippen LogP contribution in [-0.4, -0.2) is 31.7 Å². The zero-order chi connectivity index (χ0) is 18.9. The number of benzene rings is 3. The van der Waals surface area contributed by atoms with Gasteiger partial charge in [-0.1, -0.05) is 47.6 Å². The second-order valence-corrected chi connectivity index (χ2v) is 5.74. The summed E-state index contributed by atoms with van der Waals surface area (Å²) in [6.45, 7) is 0.790.